The Morgan fingerprint density at radius 3 is 3.00 bits per heavy atom. The van der Waals surface area contributed by atoms with Gasteiger partial charge in [0.1, 0.15) is 5.75 Å². The van der Waals surface area contributed by atoms with Crippen LogP contribution in [0.25, 0.3) is 0 Å². The lowest BCUT2D eigenvalue weighted by molar-refractivity contribution is 0.167. The Balaban J connectivity index is 2.17. The summed E-state index contributed by atoms with van der Waals surface area (Å²) in [6.45, 7) is 2.61. The van der Waals surface area contributed by atoms with Gasteiger partial charge in [0.15, 0.2) is 0 Å². The summed E-state index contributed by atoms with van der Waals surface area (Å²) in [5, 5.41) is 10.7. The molecule has 1 aromatic carbocycles. The van der Waals surface area contributed by atoms with Crippen LogP contribution in [0.2, 0.25) is 0 Å². The summed E-state index contributed by atoms with van der Waals surface area (Å²) in [4.78, 5) is 0. The van der Waals surface area contributed by atoms with E-state index in [4.69, 9.17) is 4.74 Å². The highest BCUT2D eigenvalue weighted by Crippen LogP contribution is 2.38. The fourth-order valence-corrected chi connectivity index (χ4v) is 3.36. The number of aliphatic hydroxyl groups is 1. The van der Waals surface area contributed by atoms with Gasteiger partial charge in [-0.2, -0.15) is 11.8 Å². The fourth-order valence-electron chi connectivity index (χ4n) is 2.06. The Kier molecular flexibility index (Phi) is 4.13. The highest BCUT2D eigenvalue weighted by atomic mass is 32.2. The van der Waals surface area contributed by atoms with Crippen LogP contribution >= 0.6 is 11.8 Å². The minimum Gasteiger partial charge on any atom is -0.493 e. The summed E-state index contributed by atoms with van der Waals surface area (Å²) in [6, 6.07) is 7.81. The lowest BCUT2D eigenvalue weighted by Crippen LogP contribution is -2.13. The summed E-state index contributed by atoms with van der Waals surface area (Å²) in [5.74, 6) is 1.99. The third kappa shape index (κ3) is 2.53. The zero-order valence-corrected chi connectivity index (χ0v) is 10.4. The summed E-state index contributed by atoms with van der Waals surface area (Å²) < 4.78 is 5.55. The first kappa shape index (κ1) is 11.8. The molecule has 2 atom stereocenters. The minimum atomic E-state index is -0.393. The maximum atomic E-state index is 10.3. The average molecular weight is 238 g/mol. The number of hydrogen-bond acceptors (Lipinski definition) is 3. The molecule has 1 fully saturated rings. The van der Waals surface area contributed by atoms with E-state index < -0.39 is 6.10 Å². The monoisotopic (exact) mass is 238 g/mol. The molecule has 0 aromatic heterocycles. The van der Waals surface area contributed by atoms with Crippen LogP contribution in [-0.2, 0) is 0 Å². The van der Waals surface area contributed by atoms with Gasteiger partial charge in [0.2, 0.25) is 0 Å². The van der Waals surface area contributed by atoms with Crippen molar-refractivity contribution >= 4 is 11.8 Å². The topological polar surface area (TPSA) is 29.5 Å². The van der Waals surface area contributed by atoms with Crippen molar-refractivity contribution in [1.29, 1.82) is 0 Å². The first-order valence-corrected chi connectivity index (χ1v) is 6.89. The minimum absolute atomic E-state index is 0.335. The molecule has 0 spiro atoms. The molecular weight excluding hydrogens is 220 g/mol. The second-order valence-corrected chi connectivity index (χ2v) is 5.31. The maximum Gasteiger partial charge on any atom is 0.125 e. The highest BCUT2D eigenvalue weighted by molar-refractivity contribution is 8.00. The number of ether oxygens (including phenoxy) is 1. The number of aliphatic hydroxyl groups excluding tert-OH is 1. The van der Waals surface area contributed by atoms with E-state index >= 15 is 0 Å². The third-order valence-corrected chi connectivity index (χ3v) is 4.30. The molecule has 0 saturated carbocycles. The Bertz CT molecular complexity index is 334. The molecule has 1 N–H and O–H groups in total. The predicted octanol–water partition coefficient (Wildman–Crippen LogP) is 3.01. The second-order valence-electron chi connectivity index (χ2n) is 3.97. The van der Waals surface area contributed by atoms with Gasteiger partial charge >= 0.3 is 0 Å². The van der Waals surface area contributed by atoms with Crippen LogP contribution in [0.1, 0.15) is 31.4 Å². The molecular formula is C13H18O2S. The van der Waals surface area contributed by atoms with Crippen molar-refractivity contribution in [2.75, 3.05) is 12.4 Å². The van der Waals surface area contributed by atoms with Gasteiger partial charge in [0.25, 0.3) is 0 Å². The Labute approximate surface area is 101 Å². The van der Waals surface area contributed by atoms with E-state index in [1.165, 1.54) is 12.2 Å². The Morgan fingerprint density at radius 1 is 1.50 bits per heavy atom. The zero-order valence-electron chi connectivity index (χ0n) is 9.56. The Hall–Kier alpha value is -0.670. The van der Waals surface area contributed by atoms with Crippen LogP contribution in [0.15, 0.2) is 24.3 Å². The Morgan fingerprint density at radius 2 is 2.31 bits per heavy atom. The van der Waals surface area contributed by atoms with E-state index in [0.717, 1.165) is 17.7 Å². The highest BCUT2D eigenvalue weighted by Gasteiger charge is 2.26. The van der Waals surface area contributed by atoms with E-state index in [1.54, 1.807) is 0 Å². The van der Waals surface area contributed by atoms with Crippen LogP contribution in [0.3, 0.4) is 0 Å². The molecule has 1 heterocycles. The molecule has 0 bridgehead atoms. The van der Waals surface area contributed by atoms with Crippen molar-refractivity contribution in [2.24, 2.45) is 0 Å². The zero-order chi connectivity index (χ0) is 11.4. The largest absolute Gasteiger partial charge is 0.493 e. The molecule has 1 saturated heterocycles. The van der Waals surface area contributed by atoms with Crippen molar-refractivity contribution in [3.63, 3.8) is 0 Å². The van der Waals surface area contributed by atoms with Crippen LogP contribution in [0.4, 0.5) is 0 Å². The van der Waals surface area contributed by atoms with E-state index in [0.29, 0.717) is 11.9 Å². The molecule has 16 heavy (non-hydrogen) atoms. The lowest BCUT2D eigenvalue weighted by Gasteiger charge is -2.20. The molecule has 1 aromatic rings. The number of thioether (sulfide) groups is 1. The number of hydrogen-bond donors (Lipinski definition) is 1. The summed E-state index contributed by atoms with van der Waals surface area (Å²) in [7, 11) is 0. The molecule has 3 heteroatoms. The quantitative estimate of drug-likeness (QED) is 0.874. The first-order chi connectivity index (χ1) is 7.83. The summed E-state index contributed by atoms with van der Waals surface area (Å²) in [6.07, 6.45) is 1.92. The smallest absolute Gasteiger partial charge is 0.125 e. The second kappa shape index (κ2) is 5.60. The van der Waals surface area contributed by atoms with E-state index in [1.807, 2.05) is 43.0 Å². The van der Waals surface area contributed by atoms with E-state index in [2.05, 4.69) is 0 Å². The molecule has 2 rings (SSSR count). The van der Waals surface area contributed by atoms with Crippen molar-refractivity contribution in [1.82, 2.24) is 0 Å². The molecule has 88 valence electrons. The van der Waals surface area contributed by atoms with Gasteiger partial charge in [-0.1, -0.05) is 18.2 Å². The van der Waals surface area contributed by atoms with Gasteiger partial charge in [0.05, 0.1) is 12.7 Å². The first-order valence-electron chi connectivity index (χ1n) is 5.84. The molecule has 0 aliphatic carbocycles. The van der Waals surface area contributed by atoms with Gasteiger partial charge in [0, 0.05) is 10.8 Å². The van der Waals surface area contributed by atoms with Crippen LogP contribution in [0, 0.1) is 0 Å². The standard InChI is InChI=1S/C13H18O2S/c1-2-15-11-7-4-3-6-10(11)13(14)12-8-5-9-16-12/h3-4,6-7,12-14H,2,5,8-9H2,1H3. The molecule has 2 unspecified atom stereocenters. The van der Waals surface area contributed by atoms with Gasteiger partial charge < -0.3 is 9.84 Å². The summed E-state index contributed by atoms with van der Waals surface area (Å²) >= 11 is 1.87. The normalized spacial score (nSPS) is 22.0. The fraction of sp³-hybridized carbons (Fsp3) is 0.538. The van der Waals surface area contributed by atoms with E-state index in [-0.39, 0.29) is 0 Å². The SMILES string of the molecule is CCOc1ccccc1C(O)C1CCCS1. The maximum absolute atomic E-state index is 10.3. The van der Waals surface area contributed by atoms with Crippen molar-refractivity contribution < 1.29 is 9.84 Å². The van der Waals surface area contributed by atoms with Gasteiger partial charge in [-0.05, 0) is 31.6 Å². The van der Waals surface area contributed by atoms with Crippen LogP contribution in [-0.4, -0.2) is 22.7 Å². The number of benzene rings is 1. The molecule has 1 aliphatic rings. The molecule has 0 amide bonds. The summed E-state index contributed by atoms with van der Waals surface area (Å²) in [5.41, 5.74) is 0.934. The molecule has 1 aliphatic heterocycles. The van der Waals surface area contributed by atoms with Crippen molar-refractivity contribution in [2.45, 2.75) is 31.1 Å². The van der Waals surface area contributed by atoms with Crippen molar-refractivity contribution in [3.05, 3.63) is 29.8 Å². The van der Waals surface area contributed by atoms with Gasteiger partial charge in [-0.15, -0.1) is 0 Å². The third-order valence-electron chi connectivity index (χ3n) is 2.85. The van der Waals surface area contributed by atoms with Crippen LogP contribution < -0.4 is 4.74 Å². The van der Waals surface area contributed by atoms with Crippen LogP contribution in [0.5, 0.6) is 5.75 Å². The average Bonchev–Trinajstić information content (AvgIpc) is 2.83. The number of para-hydroxylation sites is 1. The predicted molar refractivity (Wildman–Crippen MR) is 68.1 cm³/mol. The molecule has 2 nitrogen and oxygen atoms in total. The van der Waals surface area contributed by atoms with Gasteiger partial charge in [-0.3, -0.25) is 0 Å². The molecule has 0 radical (unpaired) electrons. The van der Waals surface area contributed by atoms with Crippen molar-refractivity contribution in [3.8, 4) is 5.75 Å². The van der Waals surface area contributed by atoms with Gasteiger partial charge in [-0.25, -0.2) is 0 Å². The lowest BCUT2D eigenvalue weighted by atomic mass is 10.0. The number of rotatable bonds is 4. The van der Waals surface area contributed by atoms with E-state index in [9.17, 15) is 5.11 Å².